The van der Waals surface area contributed by atoms with Crippen LogP contribution in [0.2, 0.25) is 0 Å². The summed E-state index contributed by atoms with van der Waals surface area (Å²) >= 11 is 0. The van der Waals surface area contributed by atoms with E-state index in [2.05, 4.69) is 40.7 Å². The van der Waals surface area contributed by atoms with Crippen LogP contribution in [0.3, 0.4) is 0 Å². The molecule has 0 aromatic carbocycles. The summed E-state index contributed by atoms with van der Waals surface area (Å²) in [6.07, 6.45) is 10.5. The quantitative estimate of drug-likeness (QED) is 0.659. The van der Waals surface area contributed by atoms with E-state index in [1.54, 1.807) is 5.57 Å². The maximum Gasteiger partial charge on any atom is 0.0467 e. The van der Waals surface area contributed by atoms with Crippen LogP contribution in [0.1, 0.15) is 73.1 Å². The lowest BCUT2D eigenvalue weighted by Gasteiger charge is -2.64. The van der Waals surface area contributed by atoms with Crippen molar-refractivity contribution in [1.82, 2.24) is 0 Å². The molecule has 2 saturated carbocycles. The summed E-state index contributed by atoms with van der Waals surface area (Å²) in [6, 6.07) is 0. The highest BCUT2D eigenvalue weighted by Crippen LogP contribution is 2.67. The monoisotopic (exact) mass is 290 g/mol. The lowest BCUT2D eigenvalue weighted by molar-refractivity contribution is -0.125. The number of fused-ring (bicyclic) bond motifs is 3. The van der Waals surface area contributed by atoms with Gasteiger partial charge in [0.15, 0.2) is 0 Å². The molecule has 2 fully saturated rings. The molecule has 5 atom stereocenters. The van der Waals surface area contributed by atoms with Crippen LogP contribution in [0.5, 0.6) is 0 Å². The molecule has 1 N–H and O–H groups in total. The third-order valence-corrected chi connectivity index (χ3v) is 8.09. The zero-order chi connectivity index (χ0) is 15.5. The predicted octanol–water partition coefficient (Wildman–Crippen LogP) is 5.19. The first-order chi connectivity index (χ1) is 9.76. The molecule has 0 aromatic heterocycles. The van der Waals surface area contributed by atoms with Gasteiger partial charge in [-0.2, -0.15) is 0 Å². The largest absolute Gasteiger partial charge is 0.396 e. The van der Waals surface area contributed by atoms with Crippen LogP contribution in [-0.4, -0.2) is 11.7 Å². The first-order valence-electron chi connectivity index (χ1n) is 9.08. The summed E-state index contributed by atoms with van der Waals surface area (Å²) in [6.45, 7) is 12.7. The Hall–Kier alpha value is -0.300. The average Bonchev–Trinajstić information content (AvgIpc) is 2.41. The minimum absolute atomic E-state index is 0.279. The first-order valence-corrected chi connectivity index (χ1v) is 9.08. The molecule has 120 valence electrons. The molecule has 0 aliphatic heterocycles. The van der Waals surface area contributed by atoms with Gasteiger partial charge in [0.25, 0.3) is 0 Å². The van der Waals surface area contributed by atoms with Gasteiger partial charge in [0, 0.05) is 6.61 Å². The van der Waals surface area contributed by atoms with Crippen molar-refractivity contribution in [3.05, 3.63) is 11.6 Å². The maximum absolute atomic E-state index is 10.1. The van der Waals surface area contributed by atoms with E-state index < -0.39 is 0 Å². The minimum Gasteiger partial charge on any atom is -0.396 e. The van der Waals surface area contributed by atoms with Crippen LogP contribution in [0.4, 0.5) is 0 Å². The molecule has 1 heteroatoms. The highest BCUT2D eigenvalue weighted by atomic mass is 16.3. The molecule has 0 aromatic rings. The number of aliphatic hydroxyl groups is 1. The number of rotatable bonds is 1. The molecule has 3 rings (SSSR count). The Morgan fingerprint density at radius 1 is 1.10 bits per heavy atom. The van der Waals surface area contributed by atoms with E-state index in [1.807, 2.05) is 0 Å². The minimum atomic E-state index is 0.279. The Morgan fingerprint density at radius 3 is 2.48 bits per heavy atom. The van der Waals surface area contributed by atoms with E-state index in [0.29, 0.717) is 29.3 Å². The number of hydrogen-bond acceptors (Lipinski definition) is 1. The second-order valence-electron chi connectivity index (χ2n) is 9.33. The van der Waals surface area contributed by atoms with Crippen molar-refractivity contribution in [2.45, 2.75) is 73.1 Å². The van der Waals surface area contributed by atoms with E-state index in [1.165, 1.54) is 38.5 Å². The van der Waals surface area contributed by atoms with Crippen molar-refractivity contribution >= 4 is 0 Å². The van der Waals surface area contributed by atoms with Crippen molar-refractivity contribution in [1.29, 1.82) is 0 Å². The van der Waals surface area contributed by atoms with E-state index in [9.17, 15) is 5.11 Å². The van der Waals surface area contributed by atoms with Crippen LogP contribution in [0.25, 0.3) is 0 Å². The van der Waals surface area contributed by atoms with Crippen LogP contribution in [-0.2, 0) is 0 Å². The van der Waals surface area contributed by atoms with Crippen molar-refractivity contribution in [2.24, 2.45) is 34.0 Å². The van der Waals surface area contributed by atoms with E-state index in [4.69, 9.17) is 0 Å². The standard InChI is InChI=1S/C20H34O/c1-14-8-11-19(4)16-7-6-10-18(2,3)15(16)9-12-20(19,5)17(14)13-21/h9,14,16-17,21H,6-8,10-13H2,1-5H3/t14-,16+,17+,19-,20-/m0/s1. The van der Waals surface area contributed by atoms with Crippen molar-refractivity contribution < 1.29 is 5.11 Å². The summed E-state index contributed by atoms with van der Waals surface area (Å²) in [7, 11) is 0. The topological polar surface area (TPSA) is 20.2 Å². The Bertz CT molecular complexity index is 449. The van der Waals surface area contributed by atoms with Gasteiger partial charge in [0.1, 0.15) is 0 Å². The van der Waals surface area contributed by atoms with Gasteiger partial charge in [0.05, 0.1) is 0 Å². The molecular weight excluding hydrogens is 256 g/mol. The zero-order valence-electron chi connectivity index (χ0n) is 14.7. The van der Waals surface area contributed by atoms with Gasteiger partial charge in [-0.25, -0.2) is 0 Å². The number of aliphatic hydroxyl groups excluding tert-OH is 1. The molecule has 0 spiro atoms. The zero-order valence-corrected chi connectivity index (χ0v) is 14.7. The summed E-state index contributed by atoms with van der Waals surface area (Å²) in [4.78, 5) is 0. The SMILES string of the molecule is C[C@H]1CC[C@@]2(C)[C@@H]3CCCC(C)(C)C3=CC[C@@]2(C)[C@@H]1CO. The molecule has 0 bridgehead atoms. The highest BCUT2D eigenvalue weighted by Gasteiger charge is 2.60. The van der Waals surface area contributed by atoms with Gasteiger partial charge in [-0.05, 0) is 66.1 Å². The third kappa shape index (κ3) is 1.99. The van der Waals surface area contributed by atoms with Crippen LogP contribution in [0, 0.1) is 34.0 Å². The van der Waals surface area contributed by atoms with Crippen LogP contribution in [0.15, 0.2) is 11.6 Å². The Morgan fingerprint density at radius 2 is 1.81 bits per heavy atom. The van der Waals surface area contributed by atoms with E-state index in [-0.39, 0.29) is 5.41 Å². The van der Waals surface area contributed by atoms with Gasteiger partial charge in [-0.3, -0.25) is 0 Å². The fraction of sp³-hybridized carbons (Fsp3) is 0.900. The average molecular weight is 290 g/mol. The summed E-state index contributed by atoms with van der Waals surface area (Å²) in [5, 5.41) is 10.1. The van der Waals surface area contributed by atoms with Crippen molar-refractivity contribution in [3.8, 4) is 0 Å². The fourth-order valence-corrected chi connectivity index (χ4v) is 6.33. The lowest BCUT2D eigenvalue weighted by Crippen LogP contribution is -2.57. The molecular formula is C20H34O. The van der Waals surface area contributed by atoms with E-state index >= 15 is 0 Å². The molecule has 21 heavy (non-hydrogen) atoms. The lowest BCUT2D eigenvalue weighted by atomic mass is 9.40. The second-order valence-corrected chi connectivity index (χ2v) is 9.33. The van der Waals surface area contributed by atoms with Gasteiger partial charge in [-0.15, -0.1) is 0 Å². The number of allylic oxidation sites excluding steroid dienone is 2. The molecule has 1 nitrogen and oxygen atoms in total. The molecule has 3 aliphatic carbocycles. The first kappa shape index (κ1) is 15.6. The fourth-order valence-electron chi connectivity index (χ4n) is 6.33. The predicted molar refractivity (Wildman–Crippen MR) is 89.0 cm³/mol. The Kier molecular flexibility index (Phi) is 3.60. The smallest absolute Gasteiger partial charge is 0.0467 e. The molecule has 0 unspecified atom stereocenters. The van der Waals surface area contributed by atoms with Gasteiger partial charge >= 0.3 is 0 Å². The Labute approximate surface area is 131 Å². The van der Waals surface area contributed by atoms with Gasteiger partial charge < -0.3 is 5.11 Å². The molecule has 0 saturated heterocycles. The van der Waals surface area contributed by atoms with Crippen molar-refractivity contribution in [3.63, 3.8) is 0 Å². The van der Waals surface area contributed by atoms with Crippen LogP contribution >= 0.6 is 0 Å². The van der Waals surface area contributed by atoms with E-state index in [0.717, 1.165) is 5.92 Å². The number of hydrogen-bond donors (Lipinski definition) is 1. The summed E-state index contributed by atoms with van der Waals surface area (Å²) < 4.78 is 0. The summed E-state index contributed by atoms with van der Waals surface area (Å²) in [5.41, 5.74) is 2.81. The summed E-state index contributed by atoms with van der Waals surface area (Å²) in [5.74, 6) is 1.89. The highest BCUT2D eigenvalue weighted by molar-refractivity contribution is 5.28. The normalized spacial score (nSPS) is 49.0. The molecule has 0 radical (unpaired) electrons. The molecule has 3 aliphatic rings. The van der Waals surface area contributed by atoms with Crippen molar-refractivity contribution in [2.75, 3.05) is 6.61 Å². The van der Waals surface area contributed by atoms with Gasteiger partial charge in [0.2, 0.25) is 0 Å². The maximum atomic E-state index is 10.1. The Balaban J connectivity index is 2.07. The second kappa shape index (κ2) is 4.85. The van der Waals surface area contributed by atoms with Gasteiger partial charge in [-0.1, -0.05) is 52.7 Å². The molecule has 0 heterocycles. The van der Waals surface area contributed by atoms with Crippen LogP contribution < -0.4 is 0 Å². The molecule has 0 amide bonds. The third-order valence-electron chi connectivity index (χ3n) is 8.09.